The maximum absolute atomic E-state index is 3.52. The Labute approximate surface area is 111 Å². The minimum absolute atomic E-state index is 0.413. The predicted octanol–water partition coefficient (Wildman–Crippen LogP) is 3.07. The second-order valence-electron chi connectivity index (χ2n) is 5.97. The van der Waals surface area contributed by atoms with E-state index in [0.717, 1.165) is 19.5 Å². The van der Waals surface area contributed by atoms with Crippen LogP contribution in [0.15, 0.2) is 24.3 Å². The van der Waals surface area contributed by atoms with Gasteiger partial charge in [-0.1, -0.05) is 26.0 Å². The van der Waals surface area contributed by atoms with Crippen molar-refractivity contribution in [3.63, 3.8) is 0 Å². The van der Waals surface area contributed by atoms with Gasteiger partial charge < -0.3 is 10.2 Å². The fourth-order valence-electron chi connectivity index (χ4n) is 2.90. The summed E-state index contributed by atoms with van der Waals surface area (Å²) >= 11 is 0. The molecule has 0 radical (unpaired) electrons. The first kappa shape index (κ1) is 13.4. The molecule has 1 heterocycles. The molecule has 1 aliphatic rings. The second kappa shape index (κ2) is 5.75. The molecule has 1 N–H and O–H groups in total. The van der Waals surface area contributed by atoms with Crippen LogP contribution in [0.3, 0.4) is 0 Å². The van der Waals surface area contributed by atoms with Gasteiger partial charge in [-0.3, -0.25) is 0 Å². The zero-order valence-corrected chi connectivity index (χ0v) is 12.0. The van der Waals surface area contributed by atoms with Gasteiger partial charge in [0.15, 0.2) is 0 Å². The molecule has 0 spiro atoms. The molecule has 0 aromatic heterocycles. The average molecular weight is 246 g/mol. The Morgan fingerprint density at radius 1 is 1.28 bits per heavy atom. The van der Waals surface area contributed by atoms with Crippen LogP contribution in [-0.4, -0.2) is 26.7 Å². The fraction of sp³-hybridized carbons (Fsp3) is 0.625. The molecule has 18 heavy (non-hydrogen) atoms. The highest BCUT2D eigenvalue weighted by Crippen LogP contribution is 2.28. The van der Waals surface area contributed by atoms with E-state index in [1.165, 1.54) is 30.6 Å². The zero-order chi connectivity index (χ0) is 13.0. The molecule has 2 rings (SSSR count). The van der Waals surface area contributed by atoms with E-state index in [4.69, 9.17) is 0 Å². The third kappa shape index (κ3) is 3.26. The number of nitrogens with one attached hydrogen (secondary N) is 1. The lowest BCUT2D eigenvalue weighted by atomic mass is 9.82. The van der Waals surface area contributed by atoms with Gasteiger partial charge in [-0.05, 0) is 48.9 Å². The Balaban J connectivity index is 1.99. The van der Waals surface area contributed by atoms with Crippen LogP contribution in [0.2, 0.25) is 0 Å². The van der Waals surface area contributed by atoms with Crippen LogP contribution in [0, 0.1) is 5.41 Å². The van der Waals surface area contributed by atoms with Crippen LogP contribution < -0.4 is 10.2 Å². The first-order valence-corrected chi connectivity index (χ1v) is 7.14. The molecule has 1 fully saturated rings. The number of benzene rings is 1. The minimum Gasteiger partial charge on any atom is -0.374 e. The summed E-state index contributed by atoms with van der Waals surface area (Å²) in [4.78, 5) is 2.40. The first-order chi connectivity index (χ1) is 8.63. The summed E-state index contributed by atoms with van der Waals surface area (Å²) in [5.41, 5.74) is 3.16. The SMILES string of the molecule is CCc1ccc(N(C)CC2(C)CCCNC2)cc1. The number of anilines is 1. The quantitative estimate of drug-likeness (QED) is 0.878. The third-order valence-corrected chi connectivity index (χ3v) is 4.09. The number of hydrogen-bond donors (Lipinski definition) is 1. The van der Waals surface area contributed by atoms with Gasteiger partial charge in [-0.15, -0.1) is 0 Å². The molecule has 100 valence electrons. The summed E-state index contributed by atoms with van der Waals surface area (Å²) in [7, 11) is 2.21. The molecule has 1 unspecified atom stereocenters. The fourth-order valence-corrected chi connectivity index (χ4v) is 2.90. The van der Waals surface area contributed by atoms with Crippen molar-refractivity contribution in [1.82, 2.24) is 5.32 Å². The van der Waals surface area contributed by atoms with E-state index in [9.17, 15) is 0 Å². The molecular formula is C16H26N2. The third-order valence-electron chi connectivity index (χ3n) is 4.09. The van der Waals surface area contributed by atoms with Gasteiger partial charge >= 0.3 is 0 Å². The number of hydrogen-bond acceptors (Lipinski definition) is 2. The molecule has 2 heteroatoms. The lowest BCUT2D eigenvalue weighted by molar-refractivity contribution is 0.243. The van der Waals surface area contributed by atoms with E-state index < -0.39 is 0 Å². The highest BCUT2D eigenvalue weighted by Gasteiger charge is 2.28. The van der Waals surface area contributed by atoms with Crippen molar-refractivity contribution in [2.75, 3.05) is 31.6 Å². The topological polar surface area (TPSA) is 15.3 Å². The van der Waals surface area contributed by atoms with E-state index in [2.05, 4.69) is 55.4 Å². The highest BCUT2D eigenvalue weighted by atomic mass is 15.1. The monoisotopic (exact) mass is 246 g/mol. The molecule has 0 saturated carbocycles. The molecule has 0 aliphatic carbocycles. The van der Waals surface area contributed by atoms with Gasteiger partial charge in [-0.2, -0.15) is 0 Å². The molecule has 1 saturated heterocycles. The van der Waals surface area contributed by atoms with Gasteiger partial charge in [0.25, 0.3) is 0 Å². The first-order valence-electron chi connectivity index (χ1n) is 7.14. The Hall–Kier alpha value is -1.02. The molecule has 0 amide bonds. The molecular weight excluding hydrogens is 220 g/mol. The van der Waals surface area contributed by atoms with Crippen molar-refractivity contribution in [2.24, 2.45) is 5.41 Å². The highest BCUT2D eigenvalue weighted by molar-refractivity contribution is 5.47. The molecule has 1 atom stereocenters. The van der Waals surface area contributed by atoms with Crippen LogP contribution in [0.4, 0.5) is 5.69 Å². The molecule has 1 aliphatic heterocycles. The number of nitrogens with zero attached hydrogens (tertiary/aromatic N) is 1. The van der Waals surface area contributed by atoms with Crippen molar-refractivity contribution in [2.45, 2.75) is 33.1 Å². The van der Waals surface area contributed by atoms with E-state index in [-0.39, 0.29) is 0 Å². The predicted molar refractivity (Wildman–Crippen MR) is 79.3 cm³/mol. The molecule has 0 bridgehead atoms. The smallest absolute Gasteiger partial charge is 0.0363 e. The van der Waals surface area contributed by atoms with E-state index in [0.29, 0.717) is 5.41 Å². The Morgan fingerprint density at radius 3 is 2.56 bits per heavy atom. The zero-order valence-electron chi connectivity index (χ0n) is 12.0. The van der Waals surface area contributed by atoms with Gasteiger partial charge in [0, 0.05) is 25.8 Å². The number of rotatable bonds is 4. The van der Waals surface area contributed by atoms with Crippen LogP contribution >= 0.6 is 0 Å². The normalized spacial score (nSPS) is 23.9. The van der Waals surface area contributed by atoms with Crippen LogP contribution in [0.5, 0.6) is 0 Å². The maximum atomic E-state index is 3.52. The van der Waals surface area contributed by atoms with Crippen LogP contribution in [0.25, 0.3) is 0 Å². The molecule has 1 aromatic carbocycles. The summed E-state index contributed by atoms with van der Waals surface area (Å²) < 4.78 is 0. The Bertz CT molecular complexity index is 363. The van der Waals surface area contributed by atoms with Gasteiger partial charge in [0.05, 0.1) is 0 Å². The summed E-state index contributed by atoms with van der Waals surface area (Å²) in [6, 6.07) is 8.98. The summed E-state index contributed by atoms with van der Waals surface area (Å²) in [5, 5.41) is 3.52. The summed E-state index contributed by atoms with van der Waals surface area (Å²) in [6.07, 6.45) is 3.75. The van der Waals surface area contributed by atoms with Crippen molar-refractivity contribution < 1.29 is 0 Å². The van der Waals surface area contributed by atoms with Crippen molar-refractivity contribution in [3.05, 3.63) is 29.8 Å². The molecule has 2 nitrogen and oxygen atoms in total. The van der Waals surface area contributed by atoms with Crippen molar-refractivity contribution >= 4 is 5.69 Å². The Morgan fingerprint density at radius 2 is 2.00 bits per heavy atom. The molecule has 1 aromatic rings. The van der Waals surface area contributed by atoms with Gasteiger partial charge in [0.2, 0.25) is 0 Å². The average Bonchev–Trinajstić information content (AvgIpc) is 2.39. The maximum Gasteiger partial charge on any atom is 0.0363 e. The van der Waals surface area contributed by atoms with Gasteiger partial charge in [-0.25, -0.2) is 0 Å². The minimum atomic E-state index is 0.413. The number of aryl methyl sites for hydroxylation is 1. The van der Waals surface area contributed by atoms with E-state index >= 15 is 0 Å². The summed E-state index contributed by atoms with van der Waals surface area (Å²) in [5.74, 6) is 0. The van der Waals surface area contributed by atoms with E-state index in [1.54, 1.807) is 0 Å². The van der Waals surface area contributed by atoms with Crippen LogP contribution in [0.1, 0.15) is 32.3 Å². The lowest BCUT2D eigenvalue weighted by Crippen LogP contribution is -2.44. The number of piperidine rings is 1. The van der Waals surface area contributed by atoms with Crippen LogP contribution in [-0.2, 0) is 6.42 Å². The lowest BCUT2D eigenvalue weighted by Gasteiger charge is -2.38. The largest absolute Gasteiger partial charge is 0.374 e. The second-order valence-corrected chi connectivity index (χ2v) is 5.97. The standard InChI is InChI=1S/C16H26N2/c1-4-14-6-8-15(9-7-14)18(3)13-16(2)10-5-11-17-12-16/h6-9,17H,4-5,10-13H2,1-3H3. The Kier molecular flexibility index (Phi) is 4.28. The van der Waals surface area contributed by atoms with E-state index in [1.807, 2.05) is 0 Å². The van der Waals surface area contributed by atoms with Gasteiger partial charge in [0.1, 0.15) is 0 Å². The van der Waals surface area contributed by atoms with Crippen molar-refractivity contribution in [3.8, 4) is 0 Å². The summed E-state index contributed by atoms with van der Waals surface area (Å²) in [6.45, 7) is 8.06. The van der Waals surface area contributed by atoms with Crippen molar-refractivity contribution in [1.29, 1.82) is 0 Å².